The standard InChI is InChI=1S/C10H16O2/c1-6(2)8-5-9(11)7(3)4-10(8)12/h4,6,8-9,11H,5H2,1-3H3/t8-,9+/m0/s1. The van der Waals surface area contributed by atoms with Crippen LogP contribution in [0.1, 0.15) is 27.2 Å². The van der Waals surface area contributed by atoms with Crippen LogP contribution in [0.4, 0.5) is 0 Å². The van der Waals surface area contributed by atoms with Crippen molar-refractivity contribution in [2.75, 3.05) is 0 Å². The Balaban J connectivity index is 2.79. The molecule has 0 heterocycles. The van der Waals surface area contributed by atoms with Crippen LogP contribution in [0.5, 0.6) is 0 Å². The number of hydrogen-bond acceptors (Lipinski definition) is 2. The topological polar surface area (TPSA) is 37.3 Å². The van der Waals surface area contributed by atoms with Crippen LogP contribution in [0.15, 0.2) is 11.6 Å². The number of carbonyl (C=O) groups is 1. The second kappa shape index (κ2) is 3.40. The summed E-state index contributed by atoms with van der Waals surface area (Å²) < 4.78 is 0. The molecule has 0 aromatic rings. The zero-order chi connectivity index (χ0) is 9.30. The summed E-state index contributed by atoms with van der Waals surface area (Å²) >= 11 is 0. The van der Waals surface area contributed by atoms with Crippen LogP contribution in [0.25, 0.3) is 0 Å². The summed E-state index contributed by atoms with van der Waals surface area (Å²) in [5, 5.41) is 9.49. The van der Waals surface area contributed by atoms with Crippen LogP contribution in [0.3, 0.4) is 0 Å². The van der Waals surface area contributed by atoms with Crippen LogP contribution in [0.2, 0.25) is 0 Å². The van der Waals surface area contributed by atoms with Gasteiger partial charge in [0.25, 0.3) is 0 Å². The van der Waals surface area contributed by atoms with Crippen LogP contribution in [0, 0.1) is 11.8 Å². The minimum Gasteiger partial charge on any atom is -0.389 e. The smallest absolute Gasteiger partial charge is 0.159 e. The van der Waals surface area contributed by atoms with E-state index < -0.39 is 6.10 Å². The Kier molecular flexibility index (Phi) is 2.68. The third-order valence-electron chi connectivity index (χ3n) is 2.54. The summed E-state index contributed by atoms with van der Waals surface area (Å²) in [6.07, 6.45) is 1.77. The second-order valence-corrected chi connectivity index (χ2v) is 3.89. The fourth-order valence-corrected chi connectivity index (χ4v) is 1.57. The van der Waals surface area contributed by atoms with Crippen molar-refractivity contribution in [2.45, 2.75) is 33.3 Å². The average Bonchev–Trinajstić information content (AvgIpc) is 1.96. The van der Waals surface area contributed by atoms with Gasteiger partial charge in [-0.15, -0.1) is 0 Å². The number of aliphatic hydroxyl groups is 1. The van der Waals surface area contributed by atoms with Crippen molar-refractivity contribution in [3.05, 3.63) is 11.6 Å². The van der Waals surface area contributed by atoms with Crippen molar-refractivity contribution in [3.8, 4) is 0 Å². The molecular weight excluding hydrogens is 152 g/mol. The monoisotopic (exact) mass is 168 g/mol. The first-order valence-corrected chi connectivity index (χ1v) is 4.42. The molecule has 0 fully saturated rings. The van der Waals surface area contributed by atoms with Gasteiger partial charge in [0, 0.05) is 5.92 Å². The lowest BCUT2D eigenvalue weighted by atomic mass is 9.80. The predicted molar refractivity (Wildman–Crippen MR) is 47.7 cm³/mol. The normalized spacial score (nSPS) is 30.8. The van der Waals surface area contributed by atoms with Crippen LogP contribution in [-0.2, 0) is 4.79 Å². The van der Waals surface area contributed by atoms with E-state index >= 15 is 0 Å². The molecule has 0 aromatic heterocycles. The van der Waals surface area contributed by atoms with E-state index in [1.165, 1.54) is 0 Å². The lowest BCUT2D eigenvalue weighted by Crippen LogP contribution is -2.29. The molecule has 0 unspecified atom stereocenters. The summed E-state index contributed by atoms with van der Waals surface area (Å²) in [7, 11) is 0. The Morgan fingerprint density at radius 3 is 2.67 bits per heavy atom. The molecule has 2 atom stereocenters. The zero-order valence-corrected chi connectivity index (χ0v) is 7.87. The molecule has 1 N–H and O–H groups in total. The molecule has 1 rings (SSSR count). The third-order valence-corrected chi connectivity index (χ3v) is 2.54. The maximum Gasteiger partial charge on any atom is 0.159 e. The Morgan fingerprint density at radius 1 is 1.58 bits per heavy atom. The van der Waals surface area contributed by atoms with Gasteiger partial charge in [0.2, 0.25) is 0 Å². The summed E-state index contributed by atoms with van der Waals surface area (Å²) in [5.74, 6) is 0.521. The molecule has 68 valence electrons. The highest BCUT2D eigenvalue weighted by molar-refractivity contribution is 5.93. The van der Waals surface area contributed by atoms with Crippen molar-refractivity contribution < 1.29 is 9.90 Å². The van der Waals surface area contributed by atoms with Crippen LogP contribution < -0.4 is 0 Å². The number of rotatable bonds is 1. The summed E-state index contributed by atoms with van der Waals surface area (Å²) in [4.78, 5) is 11.4. The molecule has 0 saturated carbocycles. The molecular formula is C10H16O2. The fourth-order valence-electron chi connectivity index (χ4n) is 1.57. The molecule has 0 amide bonds. The Bertz CT molecular complexity index is 216. The maximum atomic E-state index is 11.4. The minimum absolute atomic E-state index is 0.0173. The highest BCUT2D eigenvalue weighted by Crippen LogP contribution is 2.26. The lowest BCUT2D eigenvalue weighted by Gasteiger charge is -2.26. The van der Waals surface area contributed by atoms with Gasteiger partial charge in [0.1, 0.15) is 0 Å². The molecule has 12 heavy (non-hydrogen) atoms. The molecule has 2 heteroatoms. The quantitative estimate of drug-likeness (QED) is 0.644. The van der Waals surface area contributed by atoms with Crippen molar-refractivity contribution in [1.29, 1.82) is 0 Å². The Morgan fingerprint density at radius 2 is 2.17 bits per heavy atom. The lowest BCUT2D eigenvalue weighted by molar-refractivity contribution is -0.121. The van der Waals surface area contributed by atoms with Crippen molar-refractivity contribution in [1.82, 2.24) is 0 Å². The van der Waals surface area contributed by atoms with E-state index in [1.807, 2.05) is 13.8 Å². The molecule has 0 bridgehead atoms. The summed E-state index contributed by atoms with van der Waals surface area (Å²) in [6, 6.07) is 0. The van der Waals surface area contributed by atoms with Gasteiger partial charge in [0.15, 0.2) is 5.78 Å². The first kappa shape index (κ1) is 9.46. The third kappa shape index (κ3) is 1.75. The molecule has 1 aliphatic carbocycles. The highest BCUT2D eigenvalue weighted by atomic mass is 16.3. The van der Waals surface area contributed by atoms with Crippen LogP contribution in [-0.4, -0.2) is 17.0 Å². The molecule has 0 radical (unpaired) electrons. The van der Waals surface area contributed by atoms with E-state index in [1.54, 1.807) is 13.0 Å². The number of carbonyl (C=O) groups excluding carboxylic acids is 1. The van der Waals surface area contributed by atoms with Crippen molar-refractivity contribution in [3.63, 3.8) is 0 Å². The molecule has 0 spiro atoms. The van der Waals surface area contributed by atoms with Gasteiger partial charge in [0.05, 0.1) is 6.10 Å². The van der Waals surface area contributed by atoms with E-state index in [0.29, 0.717) is 12.3 Å². The minimum atomic E-state index is -0.407. The van der Waals surface area contributed by atoms with E-state index in [-0.39, 0.29) is 11.7 Å². The highest BCUT2D eigenvalue weighted by Gasteiger charge is 2.28. The largest absolute Gasteiger partial charge is 0.389 e. The van der Waals surface area contributed by atoms with Gasteiger partial charge < -0.3 is 5.11 Å². The van der Waals surface area contributed by atoms with Gasteiger partial charge in [-0.25, -0.2) is 0 Å². The van der Waals surface area contributed by atoms with Crippen LogP contribution >= 0.6 is 0 Å². The molecule has 0 aliphatic heterocycles. The Hall–Kier alpha value is -0.630. The predicted octanol–water partition coefficient (Wildman–Crippen LogP) is 1.54. The molecule has 1 aliphatic rings. The first-order chi connectivity index (χ1) is 5.52. The van der Waals surface area contributed by atoms with Gasteiger partial charge in [-0.2, -0.15) is 0 Å². The van der Waals surface area contributed by atoms with E-state index in [9.17, 15) is 9.90 Å². The number of aliphatic hydroxyl groups excluding tert-OH is 1. The van der Waals surface area contributed by atoms with Crippen molar-refractivity contribution >= 4 is 5.78 Å². The summed E-state index contributed by atoms with van der Waals surface area (Å²) in [6.45, 7) is 5.84. The maximum absolute atomic E-state index is 11.4. The van der Waals surface area contributed by atoms with Crippen molar-refractivity contribution in [2.24, 2.45) is 11.8 Å². The number of allylic oxidation sites excluding steroid dienone is 1. The Labute approximate surface area is 73.3 Å². The first-order valence-electron chi connectivity index (χ1n) is 4.42. The number of ketones is 1. The molecule has 0 aromatic carbocycles. The van der Waals surface area contributed by atoms with Gasteiger partial charge in [-0.3, -0.25) is 4.79 Å². The summed E-state index contributed by atoms with van der Waals surface area (Å²) in [5.41, 5.74) is 0.803. The second-order valence-electron chi connectivity index (χ2n) is 3.89. The average molecular weight is 168 g/mol. The number of hydrogen-bond donors (Lipinski definition) is 1. The zero-order valence-electron chi connectivity index (χ0n) is 7.87. The van der Waals surface area contributed by atoms with Gasteiger partial charge in [-0.1, -0.05) is 13.8 Å². The molecule has 2 nitrogen and oxygen atoms in total. The molecule has 0 saturated heterocycles. The van der Waals surface area contributed by atoms with E-state index in [2.05, 4.69) is 0 Å². The van der Waals surface area contributed by atoms with E-state index in [4.69, 9.17) is 0 Å². The van der Waals surface area contributed by atoms with Gasteiger partial charge >= 0.3 is 0 Å². The SMILES string of the molecule is CC1=CC(=O)[C@H](C(C)C)C[C@H]1O. The van der Waals surface area contributed by atoms with Gasteiger partial charge in [-0.05, 0) is 30.9 Å². The van der Waals surface area contributed by atoms with E-state index in [0.717, 1.165) is 5.57 Å². The fraction of sp³-hybridized carbons (Fsp3) is 0.700.